The average molecular weight is 126 g/mol. The second kappa shape index (κ2) is 4.30. The molecule has 1 nitrogen and oxygen atoms in total. The Morgan fingerprint density at radius 3 is 2.67 bits per heavy atom. The van der Waals surface area contributed by atoms with Gasteiger partial charge in [0.2, 0.25) is 0 Å². The summed E-state index contributed by atoms with van der Waals surface area (Å²) in [6, 6.07) is 0. The van der Waals surface area contributed by atoms with Crippen molar-refractivity contribution in [3.05, 3.63) is 12.2 Å². The average Bonchev–Trinajstić information content (AvgIpc) is 1.63. The highest BCUT2D eigenvalue weighted by Crippen LogP contribution is 2.10. The summed E-state index contributed by atoms with van der Waals surface area (Å²) in [5.41, 5.74) is 1.16. The third kappa shape index (κ3) is 5.28. The van der Waals surface area contributed by atoms with Gasteiger partial charge in [-0.25, -0.2) is 0 Å². The molecule has 0 aromatic heterocycles. The molecule has 0 spiro atoms. The van der Waals surface area contributed by atoms with E-state index in [1.165, 1.54) is 0 Å². The molecule has 0 aliphatic carbocycles. The van der Waals surface area contributed by atoms with Gasteiger partial charge in [0.15, 0.2) is 0 Å². The maximum atomic E-state index is 9.97. The summed E-state index contributed by atoms with van der Waals surface area (Å²) >= 11 is 0. The van der Waals surface area contributed by atoms with Crippen molar-refractivity contribution >= 4 is 6.29 Å². The fraction of sp³-hybridized carbons (Fsp3) is 0.625. The Morgan fingerprint density at radius 2 is 2.33 bits per heavy atom. The van der Waals surface area contributed by atoms with Crippen molar-refractivity contribution in [3.8, 4) is 0 Å². The van der Waals surface area contributed by atoms with Gasteiger partial charge < -0.3 is 4.79 Å². The fourth-order valence-electron chi connectivity index (χ4n) is 0.842. The van der Waals surface area contributed by atoms with Gasteiger partial charge in [-0.3, -0.25) is 0 Å². The maximum absolute atomic E-state index is 9.97. The summed E-state index contributed by atoms with van der Waals surface area (Å²) < 4.78 is 0. The van der Waals surface area contributed by atoms with Gasteiger partial charge in [0, 0.05) is 6.42 Å². The van der Waals surface area contributed by atoms with Crippen molar-refractivity contribution in [1.29, 1.82) is 0 Å². The highest BCUT2D eigenvalue weighted by atomic mass is 16.1. The minimum atomic E-state index is 0.472. The molecule has 0 rings (SSSR count). The normalized spacial score (nSPS) is 12.7. The molecule has 0 N–H and O–H groups in total. The van der Waals surface area contributed by atoms with Crippen LogP contribution in [0, 0.1) is 5.92 Å². The van der Waals surface area contributed by atoms with Crippen LogP contribution in [0.4, 0.5) is 0 Å². The summed E-state index contributed by atoms with van der Waals surface area (Å²) in [6.07, 6.45) is 2.60. The molecule has 0 heterocycles. The number of allylic oxidation sites excluding steroid dienone is 1. The monoisotopic (exact) mass is 126 g/mol. The number of hydrogen-bond acceptors (Lipinski definition) is 1. The quantitative estimate of drug-likeness (QED) is 0.417. The zero-order chi connectivity index (χ0) is 7.28. The molecule has 1 atom stereocenters. The number of rotatable bonds is 4. The Balaban J connectivity index is 3.37. The molecule has 0 bridgehead atoms. The molecular formula is C8H14O. The molecule has 0 aliphatic heterocycles. The van der Waals surface area contributed by atoms with E-state index in [0.717, 1.165) is 18.3 Å². The molecular weight excluding hydrogens is 112 g/mol. The summed E-state index contributed by atoms with van der Waals surface area (Å²) in [6.45, 7) is 7.81. The Bertz CT molecular complexity index is 105. The summed E-state index contributed by atoms with van der Waals surface area (Å²) in [5.74, 6) is 0.472. The first-order chi connectivity index (χ1) is 4.16. The van der Waals surface area contributed by atoms with E-state index in [0.29, 0.717) is 12.3 Å². The molecule has 0 saturated carbocycles. The van der Waals surface area contributed by atoms with Gasteiger partial charge in [-0.15, -0.1) is 6.58 Å². The predicted molar refractivity (Wildman–Crippen MR) is 39.3 cm³/mol. The lowest BCUT2D eigenvalue weighted by Crippen LogP contribution is -1.94. The van der Waals surface area contributed by atoms with E-state index in [1.807, 2.05) is 6.92 Å². The van der Waals surface area contributed by atoms with E-state index in [9.17, 15) is 4.79 Å². The lowest BCUT2D eigenvalue weighted by atomic mass is 10.0. The molecule has 0 radical (unpaired) electrons. The second-order valence-electron chi connectivity index (χ2n) is 2.67. The van der Waals surface area contributed by atoms with E-state index >= 15 is 0 Å². The molecule has 0 aromatic carbocycles. The maximum Gasteiger partial charge on any atom is 0.120 e. The fourth-order valence-corrected chi connectivity index (χ4v) is 0.842. The topological polar surface area (TPSA) is 17.1 Å². The SMILES string of the molecule is C=C(C)C[C@H](C)CC=O. The molecule has 52 valence electrons. The lowest BCUT2D eigenvalue weighted by Gasteiger charge is -2.04. The van der Waals surface area contributed by atoms with Crippen LogP contribution in [-0.2, 0) is 4.79 Å². The Kier molecular flexibility index (Phi) is 4.02. The van der Waals surface area contributed by atoms with Gasteiger partial charge in [-0.05, 0) is 19.3 Å². The van der Waals surface area contributed by atoms with E-state index in [4.69, 9.17) is 0 Å². The Labute approximate surface area is 56.8 Å². The number of hydrogen-bond donors (Lipinski definition) is 0. The van der Waals surface area contributed by atoms with Crippen LogP contribution >= 0.6 is 0 Å². The molecule has 0 fully saturated rings. The van der Waals surface area contributed by atoms with Gasteiger partial charge in [0.25, 0.3) is 0 Å². The largest absolute Gasteiger partial charge is 0.303 e. The first kappa shape index (κ1) is 8.41. The van der Waals surface area contributed by atoms with Gasteiger partial charge >= 0.3 is 0 Å². The summed E-state index contributed by atoms with van der Waals surface area (Å²) in [7, 11) is 0. The number of carbonyl (C=O) groups is 1. The van der Waals surface area contributed by atoms with Crippen molar-refractivity contribution in [3.63, 3.8) is 0 Å². The van der Waals surface area contributed by atoms with Crippen LogP contribution in [0.2, 0.25) is 0 Å². The lowest BCUT2D eigenvalue weighted by molar-refractivity contribution is -0.108. The Morgan fingerprint density at radius 1 is 1.78 bits per heavy atom. The third-order valence-electron chi connectivity index (χ3n) is 1.20. The molecule has 0 aromatic rings. The highest BCUT2D eigenvalue weighted by molar-refractivity contribution is 5.49. The van der Waals surface area contributed by atoms with Crippen molar-refractivity contribution in [1.82, 2.24) is 0 Å². The van der Waals surface area contributed by atoms with Crippen LogP contribution in [-0.4, -0.2) is 6.29 Å². The van der Waals surface area contributed by atoms with E-state index in [2.05, 4.69) is 13.5 Å². The predicted octanol–water partition coefficient (Wildman–Crippen LogP) is 2.18. The van der Waals surface area contributed by atoms with Gasteiger partial charge in [0.1, 0.15) is 6.29 Å². The summed E-state index contributed by atoms with van der Waals surface area (Å²) in [4.78, 5) is 9.97. The Hall–Kier alpha value is -0.590. The zero-order valence-corrected chi connectivity index (χ0v) is 6.18. The minimum absolute atomic E-state index is 0.472. The van der Waals surface area contributed by atoms with E-state index < -0.39 is 0 Å². The smallest absolute Gasteiger partial charge is 0.120 e. The van der Waals surface area contributed by atoms with Crippen molar-refractivity contribution in [2.45, 2.75) is 26.7 Å². The first-order valence-corrected chi connectivity index (χ1v) is 3.24. The van der Waals surface area contributed by atoms with Crippen LogP contribution in [0.1, 0.15) is 26.7 Å². The van der Waals surface area contributed by atoms with Gasteiger partial charge in [-0.1, -0.05) is 12.5 Å². The highest BCUT2D eigenvalue weighted by Gasteiger charge is 1.99. The molecule has 1 heteroatoms. The summed E-state index contributed by atoms with van der Waals surface area (Å²) in [5, 5.41) is 0. The molecule has 0 unspecified atom stereocenters. The molecule has 0 saturated heterocycles. The zero-order valence-electron chi connectivity index (χ0n) is 6.18. The molecule has 0 aliphatic rings. The van der Waals surface area contributed by atoms with Gasteiger partial charge in [0.05, 0.1) is 0 Å². The van der Waals surface area contributed by atoms with E-state index in [1.54, 1.807) is 0 Å². The molecule has 9 heavy (non-hydrogen) atoms. The number of carbonyl (C=O) groups excluding carboxylic acids is 1. The van der Waals surface area contributed by atoms with Crippen LogP contribution in [0.25, 0.3) is 0 Å². The standard InChI is InChI=1S/C8H14O/c1-7(2)6-8(3)4-5-9/h5,8H,1,4,6H2,2-3H3/t8-/m1/s1. The van der Waals surface area contributed by atoms with Crippen molar-refractivity contribution in [2.24, 2.45) is 5.92 Å². The number of aldehydes is 1. The van der Waals surface area contributed by atoms with Crippen LogP contribution in [0.5, 0.6) is 0 Å². The van der Waals surface area contributed by atoms with Gasteiger partial charge in [-0.2, -0.15) is 0 Å². The second-order valence-corrected chi connectivity index (χ2v) is 2.67. The van der Waals surface area contributed by atoms with Crippen LogP contribution in [0.15, 0.2) is 12.2 Å². The van der Waals surface area contributed by atoms with Crippen molar-refractivity contribution in [2.75, 3.05) is 0 Å². The third-order valence-corrected chi connectivity index (χ3v) is 1.20. The van der Waals surface area contributed by atoms with E-state index in [-0.39, 0.29) is 0 Å². The van der Waals surface area contributed by atoms with Crippen LogP contribution in [0.3, 0.4) is 0 Å². The minimum Gasteiger partial charge on any atom is -0.303 e. The van der Waals surface area contributed by atoms with Crippen LogP contribution < -0.4 is 0 Å². The molecule has 0 amide bonds. The van der Waals surface area contributed by atoms with Crippen molar-refractivity contribution < 1.29 is 4.79 Å². The first-order valence-electron chi connectivity index (χ1n) is 3.24.